The lowest BCUT2D eigenvalue weighted by Gasteiger charge is -2.32. The molecule has 0 N–H and O–H groups in total. The number of amides is 1. The third-order valence-electron chi connectivity index (χ3n) is 5.45. The van der Waals surface area contributed by atoms with Gasteiger partial charge in [-0.3, -0.25) is 13.9 Å². The number of anilines is 2. The smallest absolute Gasteiger partial charge is 0.312 e. The van der Waals surface area contributed by atoms with Gasteiger partial charge < -0.3 is 14.4 Å². The zero-order valence-corrected chi connectivity index (χ0v) is 19.6. The molecule has 0 saturated carbocycles. The first-order valence-corrected chi connectivity index (χ1v) is 12.1. The maximum absolute atomic E-state index is 12.8. The van der Waals surface area contributed by atoms with Crippen molar-refractivity contribution in [3.8, 4) is 11.5 Å². The number of ether oxygens (including phenoxy) is 2. The van der Waals surface area contributed by atoms with Crippen LogP contribution in [0.15, 0.2) is 83.8 Å². The minimum Gasteiger partial charge on any atom is -0.479 e. The summed E-state index contributed by atoms with van der Waals surface area (Å²) in [7, 11) is -2.25. The number of hydrogen-bond acceptors (Lipinski definition) is 6. The van der Waals surface area contributed by atoms with Gasteiger partial charge in [-0.15, -0.1) is 0 Å². The molecule has 0 aromatic heterocycles. The second kappa shape index (κ2) is 9.56. The van der Waals surface area contributed by atoms with Gasteiger partial charge in [-0.1, -0.05) is 30.3 Å². The number of carbonyl (C=O) groups is 2. The number of para-hydroxylation sites is 2. The van der Waals surface area contributed by atoms with E-state index in [1.165, 1.54) is 36.2 Å². The van der Waals surface area contributed by atoms with Crippen molar-refractivity contribution in [2.24, 2.45) is 0 Å². The van der Waals surface area contributed by atoms with E-state index < -0.39 is 22.1 Å². The minimum absolute atomic E-state index is 0.0170. The second-order valence-corrected chi connectivity index (χ2v) is 9.69. The van der Waals surface area contributed by atoms with Crippen LogP contribution in [0, 0.1) is 0 Å². The first-order chi connectivity index (χ1) is 16.3. The Balaban J connectivity index is 1.39. The first kappa shape index (κ1) is 23.3. The number of nitrogens with zero attached hydrogens (tertiary/aromatic N) is 2. The Hall–Kier alpha value is -3.85. The summed E-state index contributed by atoms with van der Waals surface area (Å²) in [6.07, 6.45) is -0.653. The van der Waals surface area contributed by atoms with Crippen LogP contribution < -0.4 is 18.7 Å². The highest BCUT2D eigenvalue weighted by atomic mass is 32.2. The number of hydrogen-bond donors (Lipinski definition) is 0. The van der Waals surface area contributed by atoms with Crippen LogP contribution in [-0.2, 0) is 19.6 Å². The average Bonchev–Trinajstić information content (AvgIpc) is 2.85. The molecule has 34 heavy (non-hydrogen) atoms. The third kappa shape index (κ3) is 4.74. The molecule has 0 bridgehead atoms. The van der Waals surface area contributed by atoms with E-state index in [1.807, 2.05) is 6.07 Å². The van der Waals surface area contributed by atoms with E-state index in [9.17, 15) is 18.0 Å². The number of rotatable bonds is 7. The molecule has 1 amide bonds. The highest BCUT2D eigenvalue weighted by molar-refractivity contribution is 7.92. The van der Waals surface area contributed by atoms with Gasteiger partial charge in [-0.05, 0) is 55.5 Å². The molecule has 9 heteroatoms. The molecular formula is C25H24N2O6S. The van der Waals surface area contributed by atoms with Gasteiger partial charge in [0.2, 0.25) is 0 Å². The highest BCUT2D eigenvalue weighted by Crippen LogP contribution is 2.33. The Morgan fingerprint density at radius 2 is 1.65 bits per heavy atom. The van der Waals surface area contributed by atoms with Gasteiger partial charge in [0.25, 0.3) is 15.9 Å². The summed E-state index contributed by atoms with van der Waals surface area (Å²) < 4.78 is 37.7. The predicted molar refractivity (Wildman–Crippen MR) is 128 cm³/mol. The fourth-order valence-electron chi connectivity index (χ4n) is 3.59. The van der Waals surface area contributed by atoms with Gasteiger partial charge in [0.1, 0.15) is 11.5 Å². The fourth-order valence-corrected chi connectivity index (χ4v) is 4.81. The van der Waals surface area contributed by atoms with Crippen molar-refractivity contribution in [3.63, 3.8) is 0 Å². The van der Waals surface area contributed by atoms with Crippen LogP contribution in [0.3, 0.4) is 0 Å². The lowest BCUT2D eigenvalue weighted by Crippen LogP contribution is -2.45. The van der Waals surface area contributed by atoms with Crippen molar-refractivity contribution < 1.29 is 27.5 Å². The maximum atomic E-state index is 12.8. The Morgan fingerprint density at radius 3 is 2.35 bits per heavy atom. The molecule has 176 valence electrons. The molecular weight excluding hydrogens is 456 g/mol. The summed E-state index contributed by atoms with van der Waals surface area (Å²) >= 11 is 0. The fraction of sp³-hybridized carbons (Fsp3) is 0.200. The minimum atomic E-state index is -3.71. The van der Waals surface area contributed by atoms with Gasteiger partial charge in [0.15, 0.2) is 6.10 Å². The molecule has 1 aliphatic heterocycles. The van der Waals surface area contributed by atoms with Crippen LogP contribution in [0.5, 0.6) is 11.5 Å². The van der Waals surface area contributed by atoms with E-state index in [1.54, 1.807) is 55.5 Å². The molecule has 3 aromatic rings. The molecule has 0 spiro atoms. The highest BCUT2D eigenvalue weighted by Gasteiger charge is 2.31. The van der Waals surface area contributed by atoms with E-state index in [2.05, 4.69) is 0 Å². The van der Waals surface area contributed by atoms with Gasteiger partial charge in [0.05, 0.1) is 22.7 Å². The predicted octanol–water partition coefficient (Wildman–Crippen LogP) is 3.62. The summed E-state index contributed by atoms with van der Waals surface area (Å²) in [5.41, 5.74) is 1.04. The largest absolute Gasteiger partial charge is 0.479 e. The Bertz CT molecular complexity index is 1290. The number of fused-ring (bicyclic) bond motifs is 1. The molecule has 0 fully saturated rings. The third-order valence-corrected chi connectivity index (χ3v) is 7.25. The normalized spacial score (nSPS) is 15.3. The quantitative estimate of drug-likeness (QED) is 0.379. The Morgan fingerprint density at radius 1 is 1.00 bits per heavy atom. The van der Waals surface area contributed by atoms with Crippen molar-refractivity contribution in [2.75, 3.05) is 22.8 Å². The lowest BCUT2D eigenvalue weighted by molar-refractivity contribution is -0.134. The first-order valence-electron chi connectivity index (χ1n) is 10.7. The molecule has 0 radical (unpaired) electrons. The van der Waals surface area contributed by atoms with Crippen LogP contribution in [0.25, 0.3) is 0 Å². The number of esters is 1. The van der Waals surface area contributed by atoms with E-state index in [0.29, 0.717) is 17.1 Å². The van der Waals surface area contributed by atoms with Gasteiger partial charge in [-0.2, -0.15) is 0 Å². The second-order valence-electron chi connectivity index (χ2n) is 7.72. The topological polar surface area (TPSA) is 93.2 Å². The molecule has 1 aliphatic rings. The average molecular weight is 481 g/mol. The standard InChI is InChI=1S/C25H24N2O6S/c1-18-25(29)27(22-10-6-7-11-23(22)32-18)17-16-24(28)33-20-14-12-19(13-15-20)26(2)34(30,31)21-8-4-3-5-9-21/h3-15,18H,16-17H2,1-2H3. The summed E-state index contributed by atoms with van der Waals surface area (Å²) in [5, 5.41) is 0. The van der Waals surface area contributed by atoms with Gasteiger partial charge >= 0.3 is 5.97 Å². The summed E-state index contributed by atoms with van der Waals surface area (Å²) in [5.74, 6) is 0.135. The van der Waals surface area contributed by atoms with Crippen molar-refractivity contribution in [1.82, 2.24) is 0 Å². The van der Waals surface area contributed by atoms with Crippen LogP contribution in [-0.4, -0.2) is 40.0 Å². The molecule has 3 aromatic carbocycles. The zero-order chi connectivity index (χ0) is 24.3. The molecule has 0 aliphatic carbocycles. The molecule has 1 atom stereocenters. The van der Waals surface area contributed by atoms with E-state index in [0.717, 1.165) is 4.31 Å². The van der Waals surface area contributed by atoms with Gasteiger partial charge in [0, 0.05) is 13.6 Å². The Labute approximate surface area is 198 Å². The zero-order valence-electron chi connectivity index (χ0n) is 18.7. The summed E-state index contributed by atoms with van der Waals surface area (Å²) in [6.45, 7) is 1.82. The van der Waals surface area contributed by atoms with E-state index in [-0.39, 0.29) is 29.5 Å². The molecule has 0 saturated heterocycles. The maximum Gasteiger partial charge on any atom is 0.312 e. The van der Waals surface area contributed by atoms with Crippen molar-refractivity contribution in [3.05, 3.63) is 78.9 Å². The van der Waals surface area contributed by atoms with Crippen LogP contribution in [0.1, 0.15) is 13.3 Å². The molecule has 4 rings (SSSR count). The van der Waals surface area contributed by atoms with Crippen LogP contribution >= 0.6 is 0 Å². The summed E-state index contributed by atoms with van der Waals surface area (Å²) in [4.78, 5) is 26.7. The number of sulfonamides is 1. The van der Waals surface area contributed by atoms with Gasteiger partial charge in [-0.25, -0.2) is 8.42 Å². The molecule has 8 nitrogen and oxygen atoms in total. The number of benzene rings is 3. The molecule has 1 unspecified atom stereocenters. The van der Waals surface area contributed by atoms with E-state index in [4.69, 9.17) is 9.47 Å². The summed E-state index contributed by atoms with van der Waals surface area (Å²) in [6, 6.07) is 21.5. The SMILES string of the molecule is CC1Oc2ccccc2N(CCC(=O)Oc2ccc(N(C)S(=O)(=O)c3ccccc3)cc2)C1=O. The van der Waals surface area contributed by atoms with Crippen molar-refractivity contribution >= 4 is 33.3 Å². The number of carbonyl (C=O) groups excluding carboxylic acids is 2. The van der Waals surface area contributed by atoms with Crippen molar-refractivity contribution in [1.29, 1.82) is 0 Å². The lowest BCUT2D eigenvalue weighted by atomic mass is 10.2. The van der Waals surface area contributed by atoms with Crippen LogP contribution in [0.2, 0.25) is 0 Å². The van der Waals surface area contributed by atoms with Crippen LogP contribution in [0.4, 0.5) is 11.4 Å². The molecule has 1 heterocycles. The van der Waals surface area contributed by atoms with Crippen molar-refractivity contribution in [2.45, 2.75) is 24.3 Å². The Kier molecular flexibility index (Phi) is 6.56. The van der Waals surface area contributed by atoms with E-state index >= 15 is 0 Å². The monoisotopic (exact) mass is 480 g/mol.